The van der Waals surface area contributed by atoms with E-state index < -0.39 is 0 Å². The Morgan fingerprint density at radius 2 is 2.50 bits per heavy atom. The van der Waals surface area contributed by atoms with Crippen molar-refractivity contribution in [2.45, 2.75) is 5.75 Å². The Morgan fingerprint density at radius 1 is 1.75 bits per heavy atom. The van der Waals surface area contributed by atoms with Crippen molar-refractivity contribution in [1.29, 1.82) is 0 Å². The Balaban J connectivity index is 2.92. The minimum atomic E-state index is 0.823. The van der Waals surface area contributed by atoms with Gasteiger partial charge in [0.15, 0.2) is 0 Å². The first kappa shape index (κ1) is 6.65. The van der Waals surface area contributed by atoms with E-state index in [1.165, 1.54) is 9.35 Å². The normalized spacial score (nSPS) is 9.75. The van der Waals surface area contributed by atoms with Crippen molar-refractivity contribution in [1.82, 2.24) is 0 Å². The van der Waals surface area contributed by atoms with Gasteiger partial charge in [-0.3, -0.25) is 0 Å². The molecule has 0 aliphatic carbocycles. The highest BCUT2D eigenvalue weighted by molar-refractivity contribution is 9.11. The van der Waals surface area contributed by atoms with Gasteiger partial charge in [0.05, 0.1) is 3.79 Å². The highest BCUT2D eigenvalue weighted by Crippen LogP contribution is 2.24. The predicted octanol–water partition coefficient (Wildman–Crippen LogP) is 2.94. The van der Waals surface area contributed by atoms with E-state index in [2.05, 4.69) is 40.0 Å². The molecule has 1 heterocycles. The summed E-state index contributed by atoms with van der Waals surface area (Å²) >= 11 is 9.22. The van der Waals surface area contributed by atoms with Gasteiger partial charge in [-0.15, -0.1) is 11.3 Å². The van der Waals surface area contributed by atoms with Gasteiger partial charge in [-0.05, 0) is 32.9 Å². The Kier molecular flexibility index (Phi) is 2.41. The van der Waals surface area contributed by atoms with Gasteiger partial charge in [0.1, 0.15) is 0 Å². The highest BCUT2D eigenvalue weighted by atomic mass is 79.9. The van der Waals surface area contributed by atoms with Crippen LogP contribution in [0.2, 0.25) is 0 Å². The van der Waals surface area contributed by atoms with E-state index in [9.17, 15) is 0 Å². The fraction of sp³-hybridized carbons (Fsp3) is 0.200. The zero-order valence-corrected chi connectivity index (χ0v) is 7.39. The second-order valence-corrected chi connectivity index (χ2v) is 3.93. The Labute approximate surface area is 66.5 Å². The molecule has 8 heavy (non-hydrogen) atoms. The molecule has 0 saturated carbocycles. The average molecular weight is 209 g/mol. The lowest BCUT2D eigenvalue weighted by atomic mass is 10.4. The number of thiophene rings is 1. The minimum Gasteiger partial charge on any atom is -0.174 e. The lowest BCUT2D eigenvalue weighted by molar-refractivity contribution is 1.47. The number of rotatable bonds is 1. The van der Waals surface area contributed by atoms with E-state index >= 15 is 0 Å². The van der Waals surface area contributed by atoms with E-state index in [1.54, 1.807) is 11.3 Å². The van der Waals surface area contributed by atoms with Crippen LogP contribution in [-0.4, -0.2) is 0 Å². The topological polar surface area (TPSA) is 0 Å². The molecule has 0 aliphatic rings. The lowest BCUT2D eigenvalue weighted by Crippen LogP contribution is -1.67. The monoisotopic (exact) mass is 208 g/mol. The number of hydrogen-bond acceptors (Lipinski definition) is 2. The van der Waals surface area contributed by atoms with Crippen LogP contribution < -0.4 is 0 Å². The van der Waals surface area contributed by atoms with Crippen molar-refractivity contribution in [3.63, 3.8) is 0 Å². The molecule has 0 atom stereocenters. The maximum Gasteiger partial charge on any atom is 0.0738 e. The first-order chi connectivity index (χ1) is 3.84. The van der Waals surface area contributed by atoms with Crippen LogP contribution in [-0.2, 0) is 5.75 Å². The molecule has 0 aromatic carbocycles. The van der Waals surface area contributed by atoms with E-state index in [-0.39, 0.29) is 0 Å². The van der Waals surface area contributed by atoms with Crippen LogP contribution in [0.4, 0.5) is 0 Å². The van der Waals surface area contributed by atoms with Crippen LogP contribution >= 0.6 is 39.9 Å². The number of thiol groups is 1. The maximum atomic E-state index is 4.12. The summed E-state index contributed by atoms with van der Waals surface area (Å²) in [6, 6.07) is 2.07. The third-order valence-corrected chi connectivity index (χ3v) is 3.02. The van der Waals surface area contributed by atoms with Crippen molar-refractivity contribution in [2.75, 3.05) is 0 Å². The summed E-state index contributed by atoms with van der Waals surface area (Å²) in [7, 11) is 0. The molecule has 1 aromatic heterocycles. The lowest BCUT2D eigenvalue weighted by Gasteiger charge is -1.85. The minimum absolute atomic E-state index is 0.823. The fourth-order valence-electron chi connectivity index (χ4n) is 0.432. The molecule has 0 fully saturated rings. The molecule has 0 unspecified atom stereocenters. The maximum absolute atomic E-state index is 4.12. The molecule has 0 radical (unpaired) electrons. The highest BCUT2D eigenvalue weighted by Gasteiger charge is 1.94. The standard InChI is InChI=1S/C5H5BrS2/c6-5-4(3-7)1-2-8-5/h1-2,7H,3H2. The third-order valence-electron chi connectivity index (χ3n) is 0.864. The second-order valence-electron chi connectivity index (χ2n) is 1.38. The first-order valence-corrected chi connectivity index (χ1v) is 4.48. The van der Waals surface area contributed by atoms with Crippen molar-refractivity contribution in [2.24, 2.45) is 0 Å². The van der Waals surface area contributed by atoms with E-state index in [0.717, 1.165) is 5.75 Å². The van der Waals surface area contributed by atoms with Crippen molar-refractivity contribution in [3.05, 3.63) is 20.8 Å². The molecule has 1 rings (SSSR count). The van der Waals surface area contributed by atoms with Gasteiger partial charge in [-0.1, -0.05) is 0 Å². The van der Waals surface area contributed by atoms with Crippen molar-refractivity contribution >= 4 is 39.9 Å². The molecule has 0 spiro atoms. The smallest absolute Gasteiger partial charge is 0.0738 e. The summed E-state index contributed by atoms with van der Waals surface area (Å²) in [5, 5.41) is 2.05. The molecule has 0 N–H and O–H groups in total. The zero-order chi connectivity index (χ0) is 5.98. The molecule has 0 amide bonds. The van der Waals surface area contributed by atoms with Crippen LogP contribution in [0, 0.1) is 0 Å². The SMILES string of the molecule is SCc1ccsc1Br. The first-order valence-electron chi connectivity index (χ1n) is 2.17. The summed E-state index contributed by atoms with van der Waals surface area (Å²) < 4.78 is 1.20. The summed E-state index contributed by atoms with van der Waals surface area (Å²) in [5.74, 6) is 0.823. The quantitative estimate of drug-likeness (QED) is 0.675. The van der Waals surface area contributed by atoms with Crippen molar-refractivity contribution < 1.29 is 0 Å². The molecule has 0 nitrogen and oxygen atoms in total. The van der Waals surface area contributed by atoms with Gasteiger partial charge >= 0.3 is 0 Å². The molecule has 3 heteroatoms. The summed E-state index contributed by atoms with van der Waals surface area (Å²) in [5.41, 5.74) is 1.28. The van der Waals surface area contributed by atoms with E-state index in [0.29, 0.717) is 0 Å². The molecule has 0 saturated heterocycles. The van der Waals surface area contributed by atoms with Crippen LogP contribution in [0.5, 0.6) is 0 Å². The molecule has 0 aliphatic heterocycles. The number of hydrogen-bond donors (Lipinski definition) is 1. The van der Waals surface area contributed by atoms with Crippen LogP contribution in [0.1, 0.15) is 5.56 Å². The summed E-state index contributed by atoms with van der Waals surface area (Å²) in [4.78, 5) is 0. The van der Waals surface area contributed by atoms with Gasteiger partial charge < -0.3 is 0 Å². The van der Waals surface area contributed by atoms with Gasteiger partial charge in [0.2, 0.25) is 0 Å². The molecular weight excluding hydrogens is 204 g/mol. The summed E-state index contributed by atoms with van der Waals surface area (Å²) in [6.07, 6.45) is 0. The Morgan fingerprint density at radius 3 is 2.75 bits per heavy atom. The summed E-state index contributed by atoms with van der Waals surface area (Å²) in [6.45, 7) is 0. The molecule has 1 aromatic rings. The van der Waals surface area contributed by atoms with Gasteiger partial charge in [-0.25, -0.2) is 0 Å². The van der Waals surface area contributed by atoms with Gasteiger partial charge in [-0.2, -0.15) is 12.6 Å². The van der Waals surface area contributed by atoms with Gasteiger partial charge in [0.25, 0.3) is 0 Å². The van der Waals surface area contributed by atoms with Gasteiger partial charge in [0, 0.05) is 5.75 Å². The average Bonchev–Trinajstić information content (AvgIpc) is 2.14. The molecular formula is C5H5BrS2. The van der Waals surface area contributed by atoms with Crippen LogP contribution in [0.25, 0.3) is 0 Å². The molecule has 44 valence electrons. The van der Waals surface area contributed by atoms with Crippen molar-refractivity contribution in [3.8, 4) is 0 Å². The third kappa shape index (κ3) is 1.27. The second kappa shape index (κ2) is 2.90. The predicted molar refractivity (Wildman–Crippen MR) is 44.7 cm³/mol. The Bertz CT molecular complexity index is 171. The van der Waals surface area contributed by atoms with Crippen LogP contribution in [0.3, 0.4) is 0 Å². The fourth-order valence-corrected chi connectivity index (χ4v) is 2.26. The molecule has 0 bridgehead atoms. The van der Waals surface area contributed by atoms with E-state index in [1.807, 2.05) is 0 Å². The number of halogens is 1. The largest absolute Gasteiger partial charge is 0.174 e. The zero-order valence-electron chi connectivity index (χ0n) is 4.10. The van der Waals surface area contributed by atoms with Crippen LogP contribution in [0.15, 0.2) is 15.2 Å². The van der Waals surface area contributed by atoms with E-state index in [4.69, 9.17) is 0 Å². The Hall–Kier alpha value is 0.530.